The molecule has 0 saturated carbocycles. The first kappa shape index (κ1) is 12.4. The van der Waals surface area contributed by atoms with Gasteiger partial charge in [0.15, 0.2) is 11.5 Å². The number of rotatable bonds is 5. The van der Waals surface area contributed by atoms with Gasteiger partial charge in [0.1, 0.15) is 5.60 Å². The maximum atomic E-state index is 10.6. The van der Waals surface area contributed by atoms with Gasteiger partial charge in [0.05, 0.1) is 13.5 Å². The standard InChI is InChI=1S/C12H16O4/c1-12(2,8-11(13)14)16-10-7-5-4-6-9(10)15-3/h4-7H,8H2,1-3H3,(H,13,14). The van der Waals surface area contributed by atoms with Crippen LogP contribution in [0, 0.1) is 0 Å². The Morgan fingerprint density at radius 2 is 1.88 bits per heavy atom. The summed E-state index contributed by atoms with van der Waals surface area (Å²) in [7, 11) is 1.55. The highest BCUT2D eigenvalue weighted by Crippen LogP contribution is 2.30. The Morgan fingerprint density at radius 1 is 1.31 bits per heavy atom. The minimum Gasteiger partial charge on any atom is -0.493 e. The fourth-order valence-corrected chi connectivity index (χ4v) is 1.40. The normalized spacial score (nSPS) is 10.9. The molecule has 0 atom stereocenters. The van der Waals surface area contributed by atoms with Gasteiger partial charge in [-0.05, 0) is 26.0 Å². The second-order valence-corrected chi connectivity index (χ2v) is 4.08. The largest absolute Gasteiger partial charge is 0.493 e. The fourth-order valence-electron chi connectivity index (χ4n) is 1.40. The van der Waals surface area contributed by atoms with Crippen LogP contribution in [0.25, 0.3) is 0 Å². The molecular weight excluding hydrogens is 208 g/mol. The van der Waals surface area contributed by atoms with E-state index in [1.165, 1.54) is 0 Å². The van der Waals surface area contributed by atoms with Crippen LogP contribution in [-0.4, -0.2) is 23.8 Å². The lowest BCUT2D eigenvalue weighted by atomic mass is 10.1. The van der Waals surface area contributed by atoms with E-state index in [-0.39, 0.29) is 6.42 Å². The highest BCUT2D eigenvalue weighted by atomic mass is 16.5. The van der Waals surface area contributed by atoms with Crippen LogP contribution in [-0.2, 0) is 4.79 Å². The van der Waals surface area contributed by atoms with Crippen LogP contribution in [0.4, 0.5) is 0 Å². The molecule has 0 fully saturated rings. The van der Waals surface area contributed by atoms with Gasteiger partial charge in [-0.25, -0.2) is 0 Å². The quantitative estimate of drug-likeness (QED) is 0.834. The van der Waals surface area contributed by atoms with Crippen molar-refractivity contribution in [1.82, 2.24) is 0 Å². The number of hydrogen-bond acceptors (Lipinski definition) is 3. The van der Waals surface area contributed by atoms with Gasteiger partial charge in [-0.3, -0.25) is 4.79 Å². The van der Waals surface area contributed by atoms with Crippen molar-refractivity contribution in [3.8, 4) is 11.5 Å². The number of para-hydroxylation sites is 2. The lowest BCUT2D eigenvalue weighted by Crippen LogP contribution is -2.31. The van der Waals surface area contributed by atoms with Crippen molar-refractivity contribution >= 4 is 5.97 Å². The molecule has 0 aliphatic carbocycles. The molecule has 1 rings (SSSR count). The molecule has 0 saturated heterocycles. The molecule has 0 amide bonds. The molecule has 1 N–H and O–H groups in total. The Labute approximate surface area is 94.8 Å². The van der Waals surface area contributed by atoms with Crippen LogP contribution in [0.1, 0.15) is 20.3 Å². The van der Waals surface area contributed by atoms with Crippen LogP contribution in [0.2, 0.25) is 0 Å². The molecule has 88 valence electrons. The zero-order valence-corrected chi connectivity index (χ0v) is 9.69. The van der Waals surface area contributed by atoms with Gasteiger partial charge >= 0.3 is 5.97 Å². The zero-order valence-electron chi connectivity index (χ0n) is 9.69. The monoisotopic (exact) mass is 224 g/mol. The van der Waals surface area contributed by atoms with Crippen molar-refractivity contribution in [1.29, 1.82) is 0 Å². The first-order chi connectivity index (χ1) is 7.44. The minimum atomic E-state index is -0.889. The van der Waals surface area contributed by atoms with E-state index in [9.17, 15) is 4.79 Å². The highest BCUT2D eigenvalue weighted by Gasteiger charge is 2.24. The third-order valence-corrected chi connectivity index (χ3v) is 2.03. The Morgan fingerprint density at radius 3 is 2.38 bits per heavy atom. The summed E-state index contributed by atoms with van der Waals surface area (Å²) in [5.41, 5.74) is -0.763. The summed E-state index contributed by atoms with van der Waals surface area (Å²) >= 11 is 0. The third kappa shape index (κ3) is 3.46. The first-order valence-electron chi connectivity index (χ1n) is 4.98. The lowest BCUT2D eigenvalue weighted by Gasteiger charge is -2.25. The van der Waals surface area contributed by atoms with Gasteiger partial charge in [-0.2, -0.15) is 0 Å². The molecular formula is C12H16O4. The molecule has 1 aromatic rings. The molecule has 0 bridgehead atoms. The van der Waals surface area contributed by atoms with Crippen molar-refractivity contribution in [2.24, 2.45) is 0 Å². The maximum Gasteiger partial charge on any atom is 0.307 e. The molecule has 0 aliphatic heterocycles. The molecule has 0 aliphatic rings. The smallest absolute Gasteiger partial charge is 0.307 e. The van der Waals surface area contributed by atoms with E-state index in [2.05, 4.69) is 0 Å². The van der Waals surface area contributed by atoms with Crippen molar-refractivity contribution in [2.75, 3.05) is 7.11 Å². The van der Waals surface area contributed by atoms with Crippen LogP contribution in [0.5, 0.6) is 11.5 Å². The summed E-state index contributed by atoms with van der Waals surface area (Å²) < 4.78 is 10.8. The van der Waals surface area contributed by atoms with E-state index in [1.54, 1.807) is 33.1 Å². The van der Waals surface area contributed by atoms with Crippen LogP contribution < -0.4 is 9.47 Å². The van der Waals surface area contributed by atoms with Crippen molar-refractivity contribution in [2.45, 2.75) is 25.9 Å². The number of methoxy groups -OCH3 is 1. The van der Waals surface area contributed by atoms with E-state index < -0.39 is 11.6 Å². The number of carbonyl (C=O) groups is 1. The zero-order chi connectivity index (χ0) is 12.2. The SMILES string of the molecule is COc1ccccc1OC(C)(C)CC(=O)O. The first-order valence-corrected chi connectivity index (χ1v) is 4.98. The van der Waals surface area contributed by atoms with Gasteiger partial charge in [-0.1, -0.05) is 12.1 Å². The third-order valence-electron chi connectivity index (χ3n) is 2.03. The topological polar surface area (TPSA) is 55.8 Å². The predicted octanol–water partition coefficient (Wildman–Crippen LogP) is 2.33. The molecule has 0 radical (unpaired) electrons. The fraction of sp³-hybridized carbons (Fsp3) is 0.417. The molecule has 0 spiro atoms. The highest BCUT2D eigenvalue weighted by molar-refractivity contribution is 5.68. The van der Waals surface area contributed by atoms with E-state index in [0.29, 0.717) is 11.5 Å². The molecule has 4 nitrogen and oxygen atoms in total. The average molecular weight is 224 g/mol. The average Bonchev–Trinajstić information content (AvgIpc) is 2.15. The van der Waals surface area contributed by atoms with Crippen LogP contribution in [0.15, 0.2) is 24.3 Å². The number of aliphatic carboxylic acids is 1. The summed E-state index contributed by atoms with van der Waals surface area (Å²) in [6, 6.07) is 7.17. The van der Waals surface area contributed by atoms with E-state index in [4.69, 9.17) is 14.6 Å². The van der Waals surface area contributed by atoms with Gasteiger partial charge in [0.25, 0.3) is 0 Å². The van der Waals surface area contributed by atoms with Crippen LogP contribution >= 0.6 is 0 Å². The Bertz CT molecular complexity index is 371. The number of carboxylic acid groups (broad SMARTS) is 1. The van der Waals surface area contributed by atoms with Crippen molar-refractivity contribution < 1.29 is 19.4 Å². The number of ether oxygens (including phenoxy) is 2. The Balaban J connectivity index is 2.82. The summed E-state index contributed by atoms with van der Waals surface area (Å²) in [6.45, 7) is 3.46. The van der Waals surface area contributed by atoms with Gasteiger partial charge in [0, 0.05) is 0 Å². The summed E-state index contributed by atoms with van der Waals surface area (Å²) in [6.07, 6.45) is -0.0644. The number of carboxylic acids is 1. The molecule has 16 heavy (non-hydrogen) atoms. The maximum absolute atomic E-state index is 10.6. The van der Waals surface area contributed by atoms with E-state index in [1.807, 2.05) is 12.1 Å². The van der Waals surface area contributed by atoms with Crippen molar-refractivity contribution in [3.63, 3.8) is 0 Å². The predicted molar refractivity (Wildman–Crippen MR) is 60.0 cm³/mol. The molecule has 0 heterocycles. The van der Waals surface area contributed by atoms with Crippen LogP contribution in [0.3, 0.4) is 0 Å². The number of benzene rings is 1. The molecule has 0 aromatic heterocycles. The van der Waals surface area contributed by atoms with E-state index in [0.717, 1.165) is 0 Å². The lowest BCUT2D eigenvalue weighted by molar-refractivity contribution is -0.140. The van der Waals surface area contributed by atoms with E-state index >= 15 is 0 Å². The summed E-state index contributed by atoms with van der Waals surface area (Å²) in [4.78, 5) is 10.6. The molecule has 0 unspecified atom stereocenters. The second-order valence-electron chi connectivity index (χ2n) is 4.08. The van der Waals surface area contributed by atoms with Gasteiger partial charge in [0.2, 0.25) is 0 Å². The van der Waals surface area contributed by atoms with Crippen molar-refractivity contribution in [3.05, 3.63) is 24.3 Å². The van der Waals surface area contributed by atoms with Gasteiger partial charge in [-0.15, -0.1) is 0 Å². The summed E-state index contributed by atoms with van der Waals surface area (Å²) in [5, 5.41) is 8.74. The number of hydrogen-bond donors (Lipinski definition) is 1. The Hall–Kier alpha value is -1.71. The van der Waals surface area contributed by atoms with Gasteiger partial charge < -0.3 is 14.6 Å². The Kier molecular flexibility index (Phi) is 3.77. The molecule has 4 heteroatoms. The molecule has 1 aromatic carbocycles. The second kappa shape index (κ2) is 4.88. The summed E-state index contributed by atoms with van der Waals surface area (Å²) in [5.74, 6) is 0.261. The minimum absolute atomic E-state index is 0.0644.